The molecule has 0 aliphatic carbocycles. The van der Waals surface area contributed by atoms with E-state index in [2.05, 4.69) is 43.2 Å². The summed E-state index contributed by atoms with van der Waals surface area (Å²) in [5.41, 5.74) is 0. The number of rotatable bonds is 5. The van der Waals surface area contributed by atoms with Gasteiger partial charge in [-0.25, -0.2) is 0 Å². The lowest BCUT2D eigenvalue weighted by Gasteiger charge is -2.37. The van der Waals surface area contributed by atoms with E-state index in [0.29, 0.717) is 6.54 Å². The molecular weight excluding hydrogens is 338 g/mol. The predicted molar refractivity (Wildman–Crippen MR) is 87.0 cm³/mol. The first kappa shape index (κ1) is 15.9. The first-order valence-corrected chi connectivity index (χ1v) is 8.69. The van der Waals surface area contributed by atoms with Gasteiger partial charge in [-0.1, -0.05) is 0 Å². The summed E-state index contributed by atoms with van der Waals surface area (Å²) in [6.07, 6.45) is 0. The van der Waals surface area contributed by atoms with Crippen molar-refractivity contribution < 1.29 is 4.79 Å². The summed E-state index contributed by atoms with van der Waals surface area (Å²) >= 11 is 5.30. The molecule has 1 aliphatic rings. The highest BCUT2D eigenvalue weighted by atomic mass is 79.9. The van der Waals surface area contributed by atoms with Gasteiger partial charge in [0.25, 0.3) is 0 Å². The fourth-order valence-corrected chi connectivity index (χ4v) is 3.98. The van der Waals surface area contributed by atoms with Gasteiger partial charge in [0, 0.05) is 44.1 Å². The standard InChI is InChI=1S/C14H22BrN3OS/c1-3-16-14(19)11(2)18-8-6-17(7-9-18)10-12-4-5-13(15)20-12/h4-5,11H,3,6-10H2,1-2H3,(H,16,19)/t11-/m1/s1. The van der Waals surface area contributed by atoms with E-state index >= 15 is 0 Å². The Hall–Kier alpha value is -0.430. The molecule has 0 spiro atoms. The maximum atomic E-state index is 11.8. The fourth-order valence-electron chi connectivity index (χ4n) is 2.45. The third-order valence-electron chi connectivity index (χ3n) is 3.69. The topological polar surface area (TPSA) is 35.6 Å². The average Bonchev–Trinajstić information content (AvgIpc) is 2.84. The number of halogens is 1. The summed E-state index contributed by atoms with van der Waals surface area (Å²) in [7, 11) is 0. The Bertz CT molecular complexity index is 443. The molecule has 0 radical (unpaired) electrons. The maximum Gasteiger partial charge on any atom is 0.237 e. The van der Waals surface area contributed by atoms with Crippen molar-refractivity contribution in [3.8, 4) is 0 Å². The van der Waals surface area contributed by atoms with E-state index in [-0.39, 0.29) is 11.9 Å². The van der Waals surface area contributed by atoms with Gasteiger partial charge in [-0.3, -0.25) is 14.6 Å². The molecule has 1 saturated heterocycles. The van der Waals surface area contributed by atoms with Crippen LogP contribution in [0.5, 0.6) is 0 Å². The molecule has 4 nitrogen and oxygen atoms in total. The molecule has 0 unspecified atom stereocenters. The minimum atomic E-state index is -0.0204. The molecule has 0 aromatic carbocycles. The van der Waals surface area contributed by atoms with Crippen molar-refractivity contribution >= 4 is 33.2 Å². The third kappa shape index (κ3) is 4.28. The van der Waals surface area contributed by atoms with Crippen LogP contribution in [0.25, 0.3) is 0 Å². The smallest absolute Gasteiger partial charge is 0.237 e. The van der Waals surface area contributed by atoms with Gasteiger partial charge < -0.3 is 5.32 Å². The molecule has 112 valence electrons. The van der Waals surface area contributed by atoms with Crippen LogP contribution in [0.3, 0.4) is 0 Å². The second kappa shape index (κ2) is 7.54. The number of hydrogen-bond acceptors (Lipinski definition) is 4. The van der Waals surface area contributed by atoms with E-state index in [0.717, 1.165) is 32.7 Å². The van der Waals surface area contributed by atoms with Gasteiger partial charge in [0.2, 0.25) is 5.91 Å². The van der Waals surface area contributed by atoms with Crippen molar-refractivity contribution in [3.05, 3.63) is 20.8 Å². The number of piperazine rings is 1. The van der Waals surface area contributed by atoms with Crippen LogP contribution in [-0.4, -0.2) is 54.5 Å². The van der Waals surface area contributed by atoms with Crippen LogP contribution in [0.4, 0.5) is 0 Å². The lowest BCUT2D eigenvalue weighted by Crippen LogP contribution is -2.53. The van der Waals surface area contributed by atoms with Crippen molar-refractivity contribution in [2.24, 2.45) is 0 Å². The van der Waals surface area contributed by atoms with Gasteiger partial charge in [-0.2, -0.15) is 0 Å². The van der Waals surface area contributed by atoms with E-state index in [1.165, 1.54) is 8.66 Å². The molecule has 1 atom stereocenters. The van der Waals surface area contributed by atoms with Crippen molar-refractivity contribution in [1.82, 2.24) is 15.1 Å². The molecule has 6 heteroatoms. The number of hydrogen-bond donors (Lipinski definition) is 1. The van der Waals surface area contributed by atoms with E-state index in [1.54, 1.807) is 11.3 Å². The van der Waals surface area contributed by atoms with E-state index < -0.39 is 0 Å². The second-order valence-electron chi connectivity index (χ2n) is 5.09. The summed E-state index contributed by atoms with van der Waals surface area (Å²) in [5, 5.41) is 2.90. The van der Waals surface area contributed by atoms with Gasteiger partial charge in [0.15, 0.2) is 0 Å². The minimum Gasteiger partial charge on any atom is -0.355 e. The zero-order chi connectivity index (χ0) is 14.5. The molecule has 2 heterocycles. The molecule has 1 aromatic heterocycles. The Balaban J connectivity index is 1.78. The molecule has 2 rings (SSSR count). The van der Waals surface area contributed by atoms with E-state index in [9.17, 15) is 4.79 Å². The molecule has 20 heavy (non-hydrogen) atoms. The number of amides is 1. The van der Waals surface area contributed by atoms with Crippen molar-refractivity contribution in [3.63, 3.8) is 0 Å². The van der Waals surface area contributed by atoms with Gasteiger partial charge >= 0.3 is 0 Å². The predicted octanol–water partition coefficient (Wildman–Crippen LogP) is 2.15. The lowest BCUT2D eigenvalue weighted by atomic mass is 10.2. The monoisotopic (exact) mass is 359 g/mol. The Kier molecular flexibility index (Phi) is 6.01. The van der Waals surface area contributed by atoms with E-state index in [4.69, 9.17) is 0 Å². The van der Waals surface area contributed by atoms with Crippen LogP contribution < -0.4 is 5.32 Å². The number of carbonyl (C=O) groups is 1. The molecule has 1 aliphatic heterocycles. The molecule has 1 aromatic rings. The summed E-state index contributed by atoms with van der Waals surface area (Å²) in [4.78, 5) is 18.0. The molecule has 1 N–H and O–H groups in total. The lowest BCUT2D eigenvalue weighted by molar-refractivity contribution is -0.126. The van der Waals surface area contributed by atoms with Crippen LogP contribution >= 0.6 is 27.3 Å². The Labute approximate surface area is 133 Å². The number of nitrogens with zero attached hydrogens (tertiary/aromatic N) is 2. The van der Waals surface area contributed by atoms with Crippen LogP contribution in [0, 0.1) is 0 Å². The summed E-state index contributed by atoms with van der Waals surface area (Å²) in [5.74, 6) is 0.142. The second-order valence-corrected chi connectivity index (χ2v) is 7.64. The molecule has 1 fully saturated rings. The molecular formula is C14H22BrN3OS. The van der Waals surface area contributed by atoms with Crippen LogP contribution in [-0.2, 0) is 11.3 Å². The van der Waals surface area contributed by atoms with Crippen LogP contribution in [0.15, 0.2) is 15.9 Å². The highest BCUT2D eigenvalue weighted by molar-refractivity contribution is 9.11. The molecule has 0 bridgehead atoms. The third-order valence-corrected chi connectivity index (χ3v) is 5.30. The Morgan fingerprint density at radius 3 is 2.65 bits per heavy atom. The SMILES string of the molecule is CCNC(=O)[C@@H](C)N1CCN(Cc2ccc(Br)s2)CC1. The van der Waals surface area contributed by atoms with Crippen molar-refractivity contribution in [2.45, 2.75) is 26.4 Å². The number of likely N-dealkylation sites (N-methyl/N-ethyl adjacent to an activating group) is 1. The first-order valence-electron chi connectivity index (χ1n) is 7.08. The minimum absolute atomic E-state index is 0.0204. The highest BCUT2D eigenvalue weighted by Crippen LogP contribution is 2.23. The quantitative estimate of drug-likeness (QED) is 0.874. The summed E-state index contributed by atoms with van der Waals surface area (Å²) in [6.45, 7) is 9.66. The Morgan fingerprint density at radius 1 is 1.40 bits per heavy atom. The molecule has 1 amide bonds. The largest absolute Gasteiger partial charge is 0.355 e. The zero-order valence-corrected chi connectivity index (χ0v) is 14.5. The van der Waals surface area contributed by atoms with Gasteiger partial charge in [0.05, 0.1) is 9.83 Å². The number of thiophene rings is 1. The maximum absolute atomic E-state index is 11.8. The first-order chi connectivity index (χ1) is 9.60. The van der Waals surface area contributed by atoms with Gasteiger partial charge in [-0.05, 0) is 41.9 Å². The average molecular weight is 360 g/mol. The van der Waals surface area contributed by atoms with Gasteiger partial charge in [-0.15, -0.1) is 11.3 Å². The van der Waals surface area contributed by atoms with E-state index in [1.807, 2.05) is 13.8 Å². The summed E-state index contributed by atoms with van der Waals surface area (Å²) < 4.78 is 1.19. The Morgan fingerprint density at radius 2 is 2.10 bits per heavy atom. The molecule has 0 saturated carbocycles. The zero-order valence-electron chi connectivity index (χ0n) is 12.1. The van der Waals surface area contributed by atoms with Crippen molar-refractivity contribution in [1.29, 1.82) is 0 Å². The normalized spacial score (nSPS) is 18.9. The van der Waals surface area contributed by atoms with Crippen molar-refractivity contribution in [2.75, 3.05) is 32.7 Å². The summed E-state index contributed by atoms with van der Waals surface area (Å²) in [6, 6.07) is 4.26. The number of nitrogens with one attached hydrogen (secondary N) is 1. The highest BCUT2D eigenvalue weighted by Gasteiger charge is 2.25. The van der Waals surface area contributed by atoms with Crippen LogP contribution in [0.2, 0.25) is 0 Å². The van der Waals surface area contributed by atoms with Gasteiger partial charge in [0.1, 0.15) is 0 Å². The fraction of sp³-hybridized carbons (Fsp3) is 0.643. The van der Waals surface area contributed by atoms with Crippen LogP contribution in [0.1, 0.15) is 18.7 Å². The number of carbonyl (C=O) groups excluding carboxylic acids is 1.